The third-order valence-corrected chi connectivity index (χ3v) is 4.05. The van der Waals surface area contributed by atoms with Crippen molar-refractivity contribution >= 4 is 5.69 Å². The minimum absolute atomic E-state index is 0.136. The Hall–Kier alpha value is -1.94. The molecule has 2 aromatic carbocycles. The summed E-state index contributed by atoms with van der Waals surface area (Å²) in [5, 5.41) is 0. The van der Waals surface area contributed by atoms with Gasteiger partial charge in [0.25, 0.3) is 0 Å². The van der Waals surface area contributed by atoms with Gasteiger partial charge in [0, 0.05) is 24.8 Å². The molecule has 21 heavy (non-hydrogen) atoms. The zero-order valence-corrected chi connectivity index (χ0v) is 11.7. The molecule has 0 saturated heterocycles. The Labute approximate surface area is 123 Å². The molecule has 3 rings (SSSR count). The molecule has 0 aromatic heterocycles. The summed E-state index contributed by atoms with van der Waals surface area (Å²) in [6.45, 7) is 1.67. The third kappa shape index (κ3) is 3.05. The molecule has 110 valence electrons. The summed E-state index contributed by atoms with van der Waals surface area (Å²) in [4.78, 5) is 2.17. The molecule has 2 nitrogen and oxygen atoms in total. The number of hydrogen-bond acceptors (Lipinski definition) is 2. The van der Waals surface area contributed by atoms with Gasteiger partial charge in [-0.05, 0) is 48.2 Å². The predicted octanol–water partition coefficient (Wildman–Crippen LogP) is 3.42. The van der Waals surface area contributed by atoms with Crippen LogP contribution in [0.4, 0.5) is 14.5 Å². The highest BCUT2D eigenvalue weighted by Gasteiger charge is 2.20. The number of hydrogen-bond donors (Lipinski definition) is 1. The molecule has 0 radical (unpaired) electrons. The summed E-state index contributed by atoms with van der Waals surface area (Å²) in [7, 11) is 0. The molecule has 4 heteroatoms. The molecular weight excluding hydrogens is 270 g/mol. The molecule has 0 spiro atoms. The van der Waals surface area contributed by atoms with Gasteiger partial charge < -0.3 is 10.6 Å². The first-order valence-electron chi connectivity index (χ1n) is 7.18. The van der Waals surface area contributed by atoms with Crippen molar-refractivity contribution in [1.29, 1.82) is 0 Å². The van der Waals surface area contributed by atoms with Crippen LogP contribution in [0.5, 0.6) is 0 Å². The molecule has 0 bridgehead atoms. The quantitative estimate of drug-likeness (QED) is 0.934. The SMILES string of the molecule is NC(CCN1CCc2ccc(F)cc21)c1ccc(F)cc1. The highest BCUT2D eigenvalue weighted by Crippen LogP contribution is 2.29. The molecule has 1 aliphatic rings. The first kappa shape index (κ1) is 14.0. The molecule has 1 unspecified atom stereocenters. The summed E-state index contributed by atoms with van der Waals surface area (Å²) in [6.07, 6.45) is 1.70. The van der Waals surface area contributed by atoms with Crippen molar-refractivity contribution in [3.63, 3.8) is 0 Å². The van der Waals surface area contributed by atoms with Gasteiger partial charge >= 0.3 is 0 Å². The normalized spacial score (nSPS) is 15.1. The van der Waals surface area contributed by atoms with E-state index in [1.807, 2.05) is 6.07 Å². The van der Waals surface area contributed by atoms with E-state index in [4.69, 9.17) is 5.73 Å². The van der Waals surface area contributed by atoms with Crippen LogP contribution in [0.25, 0.3) is 0 Å². The van der Waals surface area contributed by atoms with Crippen LogP contribution < -0.4 is 10.6 Å². The van der Waals surface area contributed by atoms with E-state index in [-0.39, 0.29) is 17.7 Å². The van der Waals surface area contributed by atoms with Gasteiger partial charge in [0.15, 0.2) is 0 Å². The molecule has 1 heterocycles. The maximum absolute atomic E-state index is 13.4. The number of fused-ring (bicyclic) bond motifs is 1. The van der Waals surface area contributed by atoms with Gasteiger partial charge in [0.2, 0.25) is 0 Å². The fraction of sp³-hybridized carbons (Fsp3) is 0.294. The lowest BCUT2D eigenvalue weighted by Crippen LogP contribution is -2.25. The summed E-state index contributed by atoms with van der Waals surface area (Å²) in [6, 6.07) is 11.1. The predicted molar refractivity (Wildman–Crippen MR) is 80.3 cm³/mol. The first-order valence-corrected chi connectivity index (χ1v) is 7.18. The lowest BCUT2D eigenvalue weighted by atomic mass is 10.0. The van der Waals surface area contributed by atoms with E-state index in [0.29, 0.717) is 0 Å². The largest absolute Gasteiger partial charge is 0.371 e. The first-order chi connectivity index (χ1) is 10.1. The molecule has 0 saturated carbocycles. The monoisotopic (exact) mass is 288 g/mol. The fourth-order valence-electron chi connectivity index (χ4n) is 2.82. The van der Waals surface area contributed by atoms with Gasteiger partial charge in [-0.2, -0.15) is 0 Å². The van der Waals surface area contributed by atoms with Crippen molar-refractivity contribution in [1.82, 2.24) is 0 Å². The van der Waals surface area contributed by atoms with Crippen molar-refractivity contribution < 1.29 is 8.78 Å². The standard InChI is InChI=1S/C17H18F2N2/c18-14-4-1-12(2-5-14)16(20)8-10-21-9-7-13-3-6-15(19)11-17(13)21/h1-6,11,16H,7-10,20H2. The minimum atomic E-state index is -0.255. The number of benzene rings is 2. The van der Waals surface area contributed by atoms with Gasteiger partial charge in [-0.1, -0.05) is 18.2 Å². The second-order valence-corrected chi connectivity index (χ2v) is 5.46. The molecular formula is C17H18F2N2. The van der Waals surface area contributed by atoms with Crippen LogP contribution in [-0.2, 0) is 6.42 Å². The lowest BCUT2D eigenvalue weighted by molar-refractivity contribution is 0.614. The highest BCUT2D eigenvalue weighted by atomic mass is 19.1. The number of nitrogens with two attached hydrogens (primary N) is 1. The Bertz CT molecular complexity index is 625. The van der Waals surface area contributed by atoms with E-state index in [2.05, 4.69) is 4.90 Å². The Kier molecular flexibility index (Phi) is 3.88. The second-order valence-electron chi connectivity index (χ2n) is 5.46. The lowest BCUT2D eigenvalue weighted by Gasteiger charge is -2.22. The second kappa shape index (κ2) is 5.82. The number of halogens is 2. The molecule has 1 atom stereocenters. The van der Waals surface area contributed by atoms with Crippen molar-refractivity contribution in [2.45, 2.75) is 18.9 Å². The molecule has 2 N–H and O–H groups in total. The van der Waals surface area contributed by atoms with Crippen molar-refractivity contribution in [2.75, 3.05) is 18.0 Å². The smallest absolute Gasteiger partial charge is 0.125 e. The summed E-state index contributed by atoms with van der Waals surface area (Å²) in [5.41, 5.74) is 9.24. The van der Waals surface area contributed by atoms with Crippen molar-refractivity contribution in [2.24, 2.45) is 5.73 Å². The van der Waals surface area contributed by atoms with Gasteiger partial charge in [0.1, 0.15) is 11.6 Å². The Balaban J connectivity index is 1.64. The van der Waals surface area contributed by atoms with Crippen LogP contribution in [0.2, 0.25) is 0 Å². The van der Waals surface area contributed by atoms with E-state index in [1.54, 1.807) is 18.2 Å². The number of nitrogens with zero attached hydrogens (tertiary/aromatic N) is 1. The summed E-state index contributed by atoms with van der Waals surface area (Å²) >= 11 is 0. The topological polar surface area (TPSA) is 29.3 Å². The Morgan fingerprint density at radius 2 is 1.76 bits per heavy atom. The van der Waals surface area contributed by atoms with Crippen LogP contribution >= 0.6 is 0 Å². The van der Waals surface area contributed by atoms with Gasteiger partial charge in [0.05, 0.1) is 0 Å². The number of anilines is 1. The van der Waals surface area contributed by atoms with E-state index < -0.39 is 0 Å². The third-order valence-electron chi connectivity index (χ3n) is 4.05. The van der Waals surface area contributed by atoms with Crippen LogP contribution in [0.3, 0.4) is 0 Å². The van der Waals surface area contributed by atoms with Gasteiger partial charge in [-0.3, -0.25) is 0 Å². The highest BCUT2D eigenvalue weighted by molar-refractivity contribution is 5.58. The Morgan fingerprint density at radius 1 is 1.05 bits per heavy atom. The minimum Gasteiger partial charge on any atom is -0.371 e. The fourth-order valence-corrected chi connectivity index (χ4v) is 2.82. The Morgan fingerprint density at radius 3 is 2.52 bits per heavy atom. The maximum Gasteiger partial charge on any atom is 0.125 e. The zero-order valence-electron chi connectivity index (χ0n) is 11.7. The number of rotatable bonds is 4. The maximum atomic E-state index is 13.4. The van der Waals surface area contributed by atoms with E-state index >= 15 is 0 Å². The zero-order chi connectivity index (χ0) is 14.8. The summed E-state index contributed by atoms with van der Waals surface area (Å²) < 4.78 is 26.3. The van der Waals surface area contributed by atoms with E-state index in [9.17, 15) is 8.78 Å². The van der Waals surface area contributed by atoms with Gasteiger partial charge in [-0.25, -0.2) is 8.78 Å². The van der Waals surface area contributed by atoms with E-state index in [1.165, 1.54) is 23.8 Å². The van der Waals surface area contributed by atoms with Crippen LogP contribution in [0.15, 0.2) is 42.5 Å². The van der Waals surface area contributed by atoms with Gasteiger partial charge in [-0.15, -0.1) is 0 Å². The molecule has 2 aromatic rings. The van der Waals surface area contributed by atoms with Crippen LogP contribution in [-0.4, -0.2) is 13.1 Å². The average Bonchev–Trinajstić information content (AvgIpc) is 2.88. The summed E-state index contributed by atoms with van der Waals surface area (Å²) in [5.74, 6) is -0.460. The van der Waals surface area contributed by atoms with E-state index in [0.717, 1.165) is 37.2 Å². The average molecular weight is 288 g/mol. The van der Waals surface area contributed by atoms with Crippen molar-refractivity contribution in [3.8, 4) is 0 Å². The molecule has 0 aliphatic carbocycles. The molecule has 0 fully saturated rings. The van der Waals surface area contributed by atoms with Crippen molar-refractivity contribution in [3.05, 3.63) is 65.2 Å². The van der Waals surface area contributed by atoms with Crippen LogP contribution in [0.1, 0.15) is 23.6 Å². The van der Waals surface area contributed by atoms with Crippen LogP contribution in [0, 0.1) is 11.6 Å². The molecule has 1 aliphatic heterocycles. The molecule has 0 amide bonds.